The summed E-state index contributed by atoms with van der Waals surface area (Å²) in [6.07, 6.45) is 0.861. The van der Waals surface area contributed by atoms with E-state index in [1.807, 2.05) is 24.9 Å². The van der Waals surface area contributed by atoms with Crippen LogP contribution < -0.4 is 4.72 Å². The summed E-state index contributed by atoms with van der Waals surface area (Å²) in [4.78, 5) is 3.11. The molecule has 19 heavy (non-hydrogen) atoms. The van der Waals surface area contributed by atoms with Gasteiger partial charge in [-0.2, -0.15) is 0 Å². The fourth-order valence-electron chi connectivity index (χ4n) is 1.49. The van der Waals surface area contributed by atoms with Crippen LogP contribution in [0, 0.1) is 0 Å². The van der Waals surface area contributed by atoms with Crippen LogP contribution in [0.1, 0.15) is 11.8 Å². The molecule has 5 nitrogen and oxygen atoms in total. The number of nitrogens with one attached hydrogen (secondary N) is 1. The molecule has 0 spiro atoms. The van der Waals surface area contributed by atoms with Gasteiger partial charge < -0.3 is 9.64 Å². The monoisotopic (exact) mass is 306 g/mol. The van der Waals surface area contributed by atoms with Crippen molar-refractivity contribution in [1.82, 2.24) is 9.62 Å². The van der Waals surface area contributed by atoms with Crippen LogP contribution in [0.4, 0.5) is 0 Å². The van der Waals surface area contributed by atoms with Crippen molar-refractivity contribution in [1.29, 1.82) is 0 Å². The molecule has 0 saturated heterocycles. The molecule has 7 heteroatoms. The Morgan fingerprint density at radius 2 is 2.11 bits per heavy atom. The van der Waals surface area contributed by atoms with Crippen LogP contribution in [-0.4, -0.2) is 53.7 Å². The molecule has 1 rings (SSSR count). The van der Waals surface area contributed by atoms with Crippen LogP contribution in [0.2, 0.25) is 0 Å². The standard InChI is InChI=1S/C12H22N2O3S2/c1-4-11-5-6-12(18-11)19(15,16)13-7-8-14(2)9-10-17-3/h5-6,13H,4,7-10H2,1-3H3. The van der Waals surface area contributed by atoms with Crippen molar-refractivity contribution in [3.8, 4) is 0 Å². The third kappa shape index (κ3) is 5.58. The molecule has 0 unspecified atom stereocenters. The Kier molecular flexibility index (Phi) is 6.95. The highest BCUT2D eigenvalue weighted by atomic mass is 32.2. The maximum absolute atomic E-state index is 12.0. The number of likely N-dealkylation sites (N-methyl/N-ethyl adjacent to an activating group) is 1. The number of hydrogen-bond donors (Lipinski definition) is 1. The number of ether oxygens (including phenoxy) is 1. The van der Waals surface area contributed by atoms with Crippen molar-refractivity contribution in [2.45, 2.75) is 17.6 Å². The van der Waals surface area contributed by atoms with Crippen molar-refractivity contribution in [3.05, 3.63) is 17.0 Å². The minimum atomic E-state index is -3.36. The van der Waals surface area contributed by atoms with Gasteiger partial charge in [0.05, 0.1) is 6.61 Å². The van der Waals surface area contributed by atoms with Gasteiger partial charge in [-0.1, -0.05) is 6.92 Å². The summed E-state index contributed by atoms with van der Waals surface area (Å²) in [7, 11) is 0.234. The molecule has 0 aromatic carbocycles. The normalized spacial score (nSPS) is 12.2. The van der Waals surface area contributed by atoms with Gasteiger partial charge in [-0.25, -0.2) is 13.1 Å². The lowest BCUT2D eigenvalue weighted by Crippen LogP contribution is -2.34. The largest absolute Gasteiger partial charge is 0.383 e. The summed E-state index contributed by atoms with van der Waals surface area (Å²) in [6.45, 7) is 4.52. The molecule has 110 valence electrons. The van der Waals surface area contributed by atoms with E-state index in [0.29, 0.717) is 23.9 Å². The summed E-state index contributed by atoms with van der Waals surface area (Å²) in [5.74, 6) is 0. The third-order valence-corrected chi connectivity index (χ3v) is 5.90. The van der Waals surface area contributed by atoms with Gasteiger partial charge in [0.15, 0.2) is 0 Å². The highest BCUT2D eigenvalue weighted by Gasteiger charge is 2.15. The summed E-state index contributed by atoms with van der Waals surface area (Å²) in [6, 6.07) is 3.53. The Balaban J connectivity index is 2.43. The summed E-state index contributed by atoms with van der Waals surface area (Å²) >= 11 is 1.33. The summed E-state index contributed by atoms with van der Waals surface area (Å²) in [5, 5.41) is 0. The van der Waals surface area contributed by atoms with Gasteiger partial charge in [-0.05, 0) is 25.6 Å². The molecule has 0 atom stereocenters. The molecule has 0 aliphatic heterocycles. The lowest BCUT2D eigenvalue weighted by atomic mass is 10.4. The number of aryl methyl sites for hydroxylation is 1. The van der Waals surface area contributed by atoms with E-state index in [1.54, 1.807) is 13.2 Å². The maximum atomic E-state index is 12.0. The van der Waals surface area contributed by atoms with Crippen molar-refractivity contribution in [2.75, 3.05) is 40.4 Å². The van der Waals surface area contributed by atoms with Crippen LogP contribution in [0.15, 0.2) is 16.3 Å². The van der Waals surface area contributed by atoms with Gasteiger partial charge in [0.2, 0.25) is 10.0 Å². The molecule has 1 N–H and O–H groups in total. The van der Waals surface area contributed by atoms with E-state index in [-0.39, 0.29) is 0 Å². The predicted octanol–water partition coefficient (Wildman–Crippen LogP) is 1.17. The molecular weight excluding hydrogens is 284 g/mol. The van der Waals surface area contributed by atoms with Crippen molar-refractivity contribution < 1.29 is 13.2 Å². The summed E-state index contributed by atoms with van der Waals surface area (Å²) < 4.78 is 32.0. The SMILES string of the molecule is CCc1ccc(S(=O)(=O)NCCN(C)CCOC)s1. The molecule has 0 radical (unpaired) electrons. The fourth-order valence-corrected chi connectivity index (χ4v) is 3.85. The molecule has 0 saturated carbocycles. The van der Waals surface area contributed by atoms with E-state index in [4.69, 9.17) is 4.74 Å². The number of nitrogens with zero attached hydrogens (tertiary/aromatic N) is 1. The number of hydrogen-bond acceptors (Lipinski definition) is 5. The second kappa shape index (κ2) is 7.96. The maximum Gasteiger partial charge on any atom is 0.250 e. The van der Waals surface area contributed by atoms with E-state index in [2.05, 4.69) is 4.72 Å². The first-order valence-corrected chi connectivity index (χ1v) is 8.55. The van der Waals surface area contributed by atoms with Gasteiger partial charge in [-0.3, -0.25) is 0 Å². The zero-order valence-corrected chi connectivity index (χ0v) is 13.3. The van der Waals surface area contributed by atoms with Gasteiger partial charge in [0.25, 0.3) is 0 Å². The molecular formula is C12H22N2O3S2. The smallest absolute Gasteiger partial charge is 0.250 e. The lowest BCUT2D eigenvalue weighted by Gasteiger charge is -2.15. The molecule has 0 aliphatic rings. The third-order valence-electron chi connectivity index (χ3n) is 2.71. The Labute approximate surface area is 119 Å². The molecule has 0 amide bonds. The average Bonchev–Trinajstić information content (AvgIpc) is 2.85. The molecule has 1 aromatic heterocycles. The van der Waals surface area contributed by atoms with E-state index in [9.17, 15) is 8.42 Å². The Morgan fingerprint density at radius 3 is 2.68 bits per heavy atom. The van der Waals surface area contributed by atoms with E-state index < -0.39 is 10.0 Å². The number of rotatable bonds is 9. The minimum absolute atomic E-state index is 0.392. The average molecular weight is 306 g/mol. The highest BCUT2D eigenvalue weighted by molar-refractivity contribution is 7.91. The van der Waals surface area contributed by atoms with Crippen molar-refractivity contribution in [2.24, 2.45) is 0 Å². The fraction of sp³-hybridized carbons (Fsp3) is 0.667. The van der Waals surface area contributed by atoms with Crippen molar-refractivity contribution >= 4 is 21.4 Å². The van der Waals surface area contributed by atoms with Gasteiger partial charge in [0.1, 0.15) is 4.21 Å². The first-order valence-electron chi connectivity index (χ1n) is 6.25. The number of thiophene rings is 1. The Bertz CT molecular complexity index is 471. The Hall–Kier alpha value is -0.470. The minimum Gasteiger partial charge on any atom is -0.383 e. The topological polar surface area (TPSA) is 58.6 Å². The van der Waals surface area contributed by atoms with Gasteiger partial charge in [-0.15, -0.1) is 11.3 Å². The van der Waals surface area contributed by atoms with E-state index in [0.717, 1.165) is 17.8 Å². The molecule has 0 fully saturated rings. The molecule has 0 aliphatic carbocycles. The van der Waals surface area contributed by atoms with E-state index >= 15 is 0 Å². The van der Waals surface area contributed by atoms with Crippen LogP contribution in [0.25, 0.3) is 0 Å². The van der Waals surface area contributed by atoms with Gasteiger partial charge >= 0.3 is 0 Å². The quantitative estimate of drug-likeness (QED) is 0.744. The molecule has 0 bridgehead atoms. The van der Waals surface area contributed by atoms with Crippen LogP contribution in [-0.2, 0) is 21.2 Å². The zero-order chi connectivity index (χ0) is 14.3. The lowest BCUT2D eigenvalue weighted by molar-refractivity contribution is 0.162. The first-order chi connectivity index (χ1) is 8.99. The van der Waals surface area contributed by atoms with Crippen LogP contribution in [0.3, 0.4) is 0 Å². The second-order valence-corrected chi connectivity index (χ2v) is 7.43. The van der Waals surface area contributed by atoms with Crippen molar-refractivity contribution in [3.63, 3.8) is 0 Å². The predicted molar refractivity (Wildman–Crippen MR) is 78.3 cm³/mol. The van der Waals surface area contributed by atoms with Gasteiger partial charge in [0, 0.05) is 31.6 Å². The van der Waals surface area contributed by atoms with Crippen LogP contribution in [0.5, 0.6) is 0 Å². The highest BCUT2D eigenvalue weighted by Crippen LogP contribution is 2.21. The van der Waals surface area contributed by atoms with E-state index in [1.165, 1.54) is 11.3 Å². The second-order valence-electron chi connectivity index (χ2n) is 4.27. The van der Waals surface area contributed by atoms with Crippen LogP contribution >= 0.6 is 11.3 Å². The molecule has 1 aromatic rings. The summed E-state index contributed by atoms with van der Waals surface area (Å²) in [5.41, 5.74) is 0. The number of methoxy groups -OCH3 is 1. The number of sulfonamides is 1. The first kappa shape index (κ1) is 16.6. The zero-order valence-electron chi connectivity index (χ0n) is 11.7. The molecule has 1 heterocycles. The Morgan fingerprint density at radius 1 is 1.37 bits per heavy atom.